The van der Waals surface area contributed by atoms with Gasteiger partial charge in [0.15, 0.2) is 0 Å². The Morgan fingerprint density at radius 1 is 0.886 bits per heavy atom. The van der Waals surface area contributed by atoms with Gasteiger partial charge in [-0.1, -0.05) is 42.0 Å². The second kappa shape index (κ2) is 10.6. The topological polar surface area (TPSA) is 75.2 Å². The molecule has 1 atom stereocenters. The van der Waals surface area contributed by atoms with Crippen LogP contribution in [0.1, 0.15) is 33.2 Å². The number of benzene rings is 3. The molecule has 3 aromatic carbocycles. The van der Waals surface area contributed by atoms with Crippen molar-refractivity contribution in [2.75, 3.05) is 5.32 Å². The van der Waals surface area contributed by atoms with Crippen molar-refractivity contribution in [2.45, 2.75) is 19.5 Å². The Labute approximate surface area is 201 Å². The van der Waals surface area contributed by atoms with E-state index in [1.165, 1.54) is 59.9 Å². The molecule has 8 heteroatoms. The molecule has 0 aliphatic carbocycles. The first kappa shape index (κ1) is 23.7. The van der Waals surface area contributed by atoms with Crippen LogP contribution in [0.2, 0.25) is 0 Å². The molecule has 0 fully saturated rings. The van der Waals surface area contributed by atoms with Gasteiger partial charge in [0.2, 0.25) is 0 Å². The second-order valence-electron chi connectivity index (χ2n) is 7.96. The van der Waals surface area contributed by atoms with Gasteiger partial charge in [-0.15, -0.1) is 0 Å². The third kappa shape index (κ3) is 5.92. The van der Waals surface area contributed by atoms with Gasteiger partial charge in [-0.25, -0.2) is 13.8 Å². The predicted molar refractivity (Wildman–Crippen MR) is 127 cm³/mol. The van der Waals surface area contributed by atoms with Crippen molar-refractivity contribution in [2.24, 2.45) is 0 Å². The van der Waals surface area contributed by atoms with E-state index in [1.807, 2.05) is 19.1 Å². The molecule has 0 unspecified atom stereocenters. The minimum absolute atomic E-state index is 0.00503. The van der Waals surface area contributed by atoms with Gasteiger partial charge in [0, 0.05) is 24.6 Å². The molecular formula is C27H22F2N4O2. The lowest BCUT2D eigenvalue weighted by Crippen LogP contribution is -2.41. The van der Waals surface area contributed by atoms with Gasteiger partial charge < -0.3 is 10.2 Å². The number of carbonyl (C=O) groups excluding carboxylic acids is 2. The molecule has 35 heavy (non-hydrogen) atoms. The van der Waals surface area contributed by atoms with E-state index in [-0.39, 0.29) is 12.2 Å². The number of amides is 2. The number of aromatic nitrogens is 2. The number of aryl methyl sites for hydroxylation is 1. The van der Waals surface area contributed by atoms with Crippen LogP contribution in [0, 0.1) is 18.6 Å². The maximum atomic E-state index is 13.6. The zero-order valence-corrected chi connectivity index (χ0v) is 18.9. The van der Waals surface area contributed by atoms with Gasteiger partial charge >= 0.3 is 0 Å². The number of nitrogens with one attached hydrogen (secondary N) is 1. The summed E-state index contributed by atoms with van der Waals surface area (Å²) in [4.78, 5) is 36.7. The lowest BCUT2D eigenvalue weighted by atomic mass is 10.0. The van der Waals surface area contributed by atoms with Gasteiger partial charge in [-0.2, -0.15) is 0 Å². The van der Waals surface area contributed by atoms with Crippen molar-refractivity contribution in [3.8, 4) is 0 Å². The third-order valence-corrected chi connectivity index (χ3v) is 5.37. The van der Waals surface area contributed by atoms with Crippen LogP contribution in [-0.2, 0) is 11.3 Å². The zero-order valence-electron chi connectivity index (χ0n) is 18.9. The van der Waals surface area contributed by atoms with Crippen LogP contribution in [0.3, 0.4) is 0 Å². The van der Waals surface area contributed by atoms with E-state index >= 15 is 0 Å². The number of anilines is 1. The van der Waals surface area contributed by atoms with Crippen molar-refractivity contribution in [3.63, 3.8) is 0 Å². The Kier molecular flexibility index (Phi) is 7.21. The summed E-state index contributed by atoms with van der Waals surface area (Å²) in [5, 5.41) is 2.77. The molecule has 4 rings (SSSR count). The van der Waals surface area contributed by atoms with E-state index in [4.69, 9.17) is 0 Å². The average molecular weight is 472 g/mol. The maximum Gasteiger partial charge on any atom is 0.275 e. The van der Waals surface area contributed by atoms with E-state index in [0.29, 0.717) is 16.8 Å². The number of nitrogens with zero attached hydrogens (tertiary/aromatic N) is 3. The highest BCUT2D eigenvalue weighted by Crippen LogP contribution is 2.27. The fraction of sp³-hybridized carbons (Fsp3) is 0.111. The normalized spacial score (nSPS) is 11.5. The van der Waals surface area contributed by atoms with Crippen LogP contribution >= 0.6 is 0 Å². The third-order valence-electron chi connectivity index (χ3n) is 5.37. The van der Waals surface area contributed by atoms with E-state index in [9.17, 15) is 18.4 Å². The first-order valence-electron chi connectivity index (χ1n) is 10.8. The van der Waals surface area contributed by atoms with Gasteiger partial charge in [0.25, 0.3) is 11.8 Å². The largest absolute Gasteiger partial charge is 0.324 e. The summed E-state index contributed by atoms with van der Waals surface area (Å²) in [7, 11) is 0. The predicted octanol–water partition coefficient (Wildman–Crippen LogP) is 5.09. The van der Waals surface area contributed by atoms with Crippen LogP contribution in [0.5, 0.6) is 0 Å². The molecule has 0 radical (unpaired) electrons. The number of halogens is 2. The molecular weight excluding hydrogens is 450 g/mol. The summed E-state index contributed by atoms with van der Waals surface area (Å²) in [5.74, 6) is -1.87. The SMILES string of the molecule is Cc1ccc([C@@H](C(=O)Nc2ccc(F)cc2)N(Cc2ccc(F)cc2)C(=O)c2cnccn2)cc1. The Morgan fingerprint density at radius 2 is 1.51 bits per heavy atom. The smallest absolute Gasteiger partial charge is 0.275 e. The number of carbonyl (C=O) groups is 2. The highest BCUT2D eigenvalue weighted by Gasteiger charge is 2.33. The molecule has 0 aliphatic rings. The summed E-state index contributed by atoms with van der Waals surface area (Å²) in [5.41, 5.74) is 2.60. The summed E-state index contributed by atoms with van der Waals surface area (Å²) >= 11 is 0. The van der Waals surface area contributed by atoms with Crippen molar-refractivity contribution in [1.82, 2.24) is 14.9 Å². The van der Waals surface area contributed by atoms with Gasteiger partial charge in [-0.05, 0) is 54.4 Å². The van der Waals surface area contributed by atoms with Gasteiger partial charge in [0.1, 0.15) is 23.4 Å². The van der Waals surface area contributed by atoms with Crippen LogP contribution in [0.4, 0.5) is 14.5 Å². The average Bonchev–Trinajstić information content (AvgIpc) is 2.87. The van der Waals surface area contributed by atoms with E-state index < -0.39 is 29.5 Å². The van der Waals surface area contributed by atoms with E-state index in [2.05, 4.69) is 15.3 Å². The molecule has 0 spiro atoms. The number of rotatable bonds is 7. The second-order valence-corrected chi connectivity index (χ2v) is 7.96. The van der Waals surface area contributed by atoms with Crippen molar-refractivity contribution >= 4 is 17.5 Å². The summed E-state index contributed by atoms with van der Waals surface area (Å²) in [6.45, 7) is 1.92. The molecule has 0 bridgehead atoms. The van der Waals surface area contributed by atoms with Crippen LogP contribution < -0.4 is 5.32 Å². The molecule has 2 amide bonds. The minimum atomic E-state index is -1.07. The van der Waals surface area contributed by atoms with Crippen LogP contribution in [0.25, 0.3) is 0 Å². The Balaban J connectivity index is 1.77. The molecule has 0 saturated carbocycles. The molecule has 1 aromatic heterocycles. The van der Waals surface area contributed by atoms with Crippen LogP contribution in [-0.4, -0.2) is 26.7 Å². The molecule has 0 aliphatic heterocycles. The molecule has 6 nitrogen and oxygen atoms in total. The highest BCUT2D eigenvalue weighted by atomic mass is 19.1. The molecule has 0 saturated heterocycles. The lowest BCUT2D eigenvalue weighted by Gasteiger charge is -2.31. The Morgan fingerprint density at radius 3 is 2.11 bits per heavy atom. The fourth-order valence-corrected chi connectivity index (χ4v) is 3.59. The van der Waals surface area contributed by atoms with Gasteiger partial charge in [0.05, 0.1) is 6.20 Å². The summed E-state index contributed by atoms with van der Waals surface area (Å²) in [6.07, 6.45) is 4.16. The summed E-state index contributed by atoms with van der Waals surface area (Å²) in [6, 6.07) is 17.2. The minimum Gasteiger partial charge on any atom is -0.324 e. The van der Waals surface area contributed by atoms with Gasteiger partial charge in [-0.3, -0.25) is 14.6 Å². The maximum absolute atomic E-state index is 13.6. The quantitative estimate of drug-likeness (QED) is 0.407. The fourth-order valence-electron chi connectivity index (χ4n) is 3.59. The molecule has 176 valence electrons. The molecule has 4 aromatic rings. The van der Waals surface area contributed by atoms with E-state index in [0.717, 1.165) is 5.56 Å². The standard InChI is InChI=1S/C27H22F2N4O2/c1-18-2-6-20(7-3-18)25(26(34)32-23-12-10-22(29)11-13-23)33(17-19-4-8-21(28)9-5-19)27(35)24-16-30-14-15-31-24/h2-16,25H,17H2,1H3,(H,32,34)/t25-/m0/s1. The van der Waals surface area contributed by atoms with Crippen molar-refractivity contribution in [3.05, 3.63) is 125 Å². The van der Waals surface area contributed by atoms with Crippen molar-refractivity contribution < 1.29 is 18.4 Å². The molecule has 1 heterocycles. The number of hydrogen-bond acceptors (Lipinski definition) is 4. The molecule has 1 N–H and O–H groups in total. The first-order chi connectivity index (χ1) is 16.9. The Hall–Kier alpha value is -4.46. The number of hydrogen-bond donors (Lipinski definition) is 1. The first-order valence-corrected chi connectivity index (χ1v) is 10.8. The summed E-state index contributed by atoms with van der Waals surface area (Å²) < 4.78 is 26.9. The highest BCUT2D eigenvalue weighted by molar-refractivity contribution is 6.00. The van der Waals surface area contributed by atoms with Crippen LogP contribution in [0.15, 0.2) is 91.4 Å². The van der Waals surface area contributed by atoms with E-state index in [1.54, 1.807) is 24.3 Å². The Bertz CT molecular complexity index is 1300. The monoisotopic (exact) mass is 472 g/mol. The lowest BCUT2D eigenvalue weighted by molar-refractivity contribution is -0.121. The zero-order chi connectivity index (χ0) is 24.8. The van der Waals surface area contributed by atoms with Crippen molar-refractivity contribution in [1.29, 1.82) is 0 Å².